The van der Waals surface area contributed by atoms with Crippen LogP contribution in [0.2, 0.25) is 0 Å². The fraction of sp³-hybridized carbons (Fsp3) is 0.476. The van der Waals surface area contributed by atoms with Crippen molar-refractivity contribution in [3.05, 3.63) is 24.5 Å². The van der Waals surface area contributed by atoms with Crippen LogP contribution in [0.25, 0.3) is 11.4 Å². The Kier molecular flexibility index (Phi) is 8.82. The molecule has 0 radical (unpaired) electrons. The number of nitrogens with zero attached hydrogens (tertiary/aromatic N) is 4. The summed E-state index contributed by atoms with van der Waals surface area (Å²) in [7, 11) is 0. The van der Waals surface area contributed by atoms with E-state index >= 15 is 0 Å². The summed E-state index contributed by atoms with van der Waals surface area (Å²) in [5, 5.41) is 8.32. The highest BCUT2D eigenvalue weighted by atomic mass is 32.2. The lowest BCUT2D eigenvalue weighted by molar-refractivity contribution is -0.237. The van der Waals surface area contributed by atoms with Gasteiger partial charge in [0.05, 0.1) is 0 Å². The molecule has 1 aliphatic rings. The van der Waals surface area contributed by atoms with Gasteiger partial charge in [-0.3, -0.25) is 24.2 Å². The van der Waals surface area contributed by atoms with Gasteiger partial charge in [-0.05, 0) is 23.9 Å². The molecule has 0 amide bonds. The zero-order chi connectivity index (χ0) is 26.4. The third-order valence-electron chi connectivity index (χ3n) is 4.75. The fourth-order valence-electron chi connectivity index (χ4n) is 3.44. The number of rotatable bonds is 8. The lowest BCUT2D eigenvalue weighted by Crippen LogP contribution is -2.61. The predicted octanol–water partition coefficient (Wildman–Crippen LogP) is 0.229. The summed E-state index contributed by atoms with van der Waals surface area (Å²) in [6, 6.07) is 3.44. The zero-order valence-corrected chi connectivity index (χ0v) is 20.7. The number of esters is 4. The van der Waals surface area contributed by atoms with E-state index in [1.54, 1.807) is 24.5 Å². The molecule has 0 aromatic carbocycles. The molecule has 0 aliphatic carbocycles. The Morgan fingerprint density at radius 1 is 0.972 bits per heavy atom. The number of hydrogen-bond donors (Lipinski definition) is 1. The Labute approximate surface area is 209 Å². The number of aromatic nitrogens is 4. The van der Waals surface area contributed by atoms with Crippen LogP contribution in [0.1, 0.15) is 27.7 Å². The fourth-order valence-corrected chi connectivity index (χ4v) is 4.48. The van der Waals surface area contributed by atoms with Crippen molar-refractivity contribution in [2.24, 2.45) is 0 Å². The molecule has 2 aromatic heterocycles. The van der Waals surface area contributed by atoms with Gasteiger partial charge in [-0.15, -0.1) is 10.2 Å². The van der Waals surface area contributed by atoms with Crippen molar-refractivity contribution >= 4 is 35.6 Å². The standard InChI is InChI=1S/C21H25N5O9S/c1-10(27)31-9-15-16(32-11(2)28)17(33-12(3)29)18(34-13(4)30)20(35-15)36-21-25-24-19(26(21)22)14-6-5-7-23-8-14/h5-8,15-18,20H,9,22H2,1-4H3/t15-,16-,17+,18-,20+/m1/s1. The van der Waals surface area contributed by atoms with Gasteiger partial charge < -0.3 is 29.5 Å². The van der Waals surface area contributed by atoms with Crippen molar-refractivity contribution in [1.29, 1.82) is 0 Å². The number of nitrogens with two attached hydrogens (primary N) is 1. The number of carbonyl (C=O) groups is 4. The molecule has 15 heteroatoms. The van der Waals surface area contributed by atoms with Crippen LogP contribution in [0, 0.1) is 0 Å². The second-order valence-corrected chi connectivity index (χ2v) is 8.67. The smallest absolute Gasteiger partial charge is 0.303 e. The molecule has 0 unspecified atom stereocenters. The normalized spacial score (nSPS) is 23.4. The molecule has 14 nitrogen and oxygen atoms in total. The van der Waals surface area contributed by atoms with Gasteiger partial charge >= 0.3 is 23.9 Å². The predicted molar refractivity (Wildman–Crippen MR) is 121 cm³/mol. The summed E-state index contributed by atoms with van der Waals surface area (Å²) in [5.41, 5.74) is -0.486. The average Bonchev–Trinajstić information content (AvgIpc) is 3.16. The summed E-state index contributed by atoms with van der Waals surface area (Å²) < 4.78 is 28.5. The van der Waals surface area contributed by atoms with Crippen molar-refractivity contribution in [2.75, 3.05) is 12.4 Å². The van der Waals surface area contributed by atoms with Crippen LogP contribution in [-0.2, 0) is 42.9 Å². The van der Waals surface area contributed by atoms with E-state index in [1.807, 2.05) is 0 Å². The summed E-state index contributed by atoms with van der Waals surface area (Å²) in [6.07, 6.45) is -1.75. The molecule has 36 heavy (non-hydrogen) atoms. The summed E-state index contributed by atoms with van der Waals surface area (Å²) in [6.45, 7) is 4.30. The highest BCUT2D eigenvalue weighted by Crippen LogP contribution is 2.37. The first kappa shape index (κ1) is 26.9. The van der Waals surface area contributed by atoms with Gasteiger partial charge in [0, 0.05) is 45.7 Å². The molecule has 2 aromatic rings. The second-order valence-electron chi connectivity index (χ2n) is 7.60. The van der Waals surface area contributed by atoms with E-state index in [4.69, 9.17) is 29.5 Å². The van der Waals surface area contributed by atoms with E-state index in [9.17, 15) is 19.2 Å². The molecule has 1 fully saturated rings. The molecule has 194 valence electrons. The third-order valence-corrected chi connectivity index (χ3v) is 5.85. The van der Waals surface area contributed by atoms with Gasteiger partial charge in [0.2, 0.25) is 5.16 Å². The Morgan fingerprint density at radius 2 is 1.61 bits per heavy atom. The van der Waals surface area contributed by atoms with E-state index in [2.05, 4.69) is 15.2 Å². The van der Waals surface area contributed by atoms with Gasteiger partial charge in [0.25, 0.3) is 0 Å². The van der Waals surface area contributed by atoms with Crippen LogP contribution in [-0.4, -0.2) is 80.2 Å². The summed E-state index contributed by atoms with van der Waals surface area (Å²) >= 11 is 0.919. The maximum atomic E-state index is 12.0. The topological polar surface area (TPSA) is 184 Å². The number of hydrogen-bond acceptors (Lipinski definition) is 14. The van der Waals surface area contributed by atoms with E-state index in [-0.39, 0.29) is 11.8 Å². The Bertz CT molecular complexity index is 1110. The minimum absolute atomic E-state index is 0.162. The lowest BCUT2D eigenvalue weighted by atomic mass is 9.99. The second kappa shape index (κ2) is 11.8. The largest absolute Gasteiger partial charge is 0.463 e. The Morgan fingerprint density at radius 3 is 2.19 bits per heavy atom. The lowest BCUT2D eigenvalue weighted by Gasteiger charge is -2.43. The van der Waals surface area contributed by atoms with Crippen LogP contribution in [0.4, 0.5) is 0 Å². The SMILES string of the molecule is CC(=O)OC[C@H]1O[C@@H](Sc2nnc(-c3cccnc3)n2N)[C@H](OC(C)=O)[C@@H](OC(C)=O)[C@@H]1OC(C)=O. The van der Waals surface area contributed by atoms with Gasteiger partial charge in [-0.25, -0.2) is 4.68 Å². The van der Waals surface area contributed by atoms with Crippen LogP contribution in [0.5, 0.6) is 0 Å². The van der Waals surface area contributed by atoms with Crippen LogP contribution >= 0.6 is 11.8 Å². The molecule has 0 saturated carbocycles. The molecule has 0 bridgehead atoms. The van der Waals surface area contributed by atoms with Crippen molar-refractivity contribution in [3.8, 4) is 11.4 Å². The van der Waals surface area contributed by atoms with Gasteiger partial charge in [0.15, 0.2) is 29.6 Å². The number of carbonyl (C=O) groups excluding carboxylic acids is 4. The highest BCUT2D eigenvalue weighted by molar-refractivity contribution is 7.99. The van der Waals surface area contributed by atoms with Crippen molar-refractivity contribution in [3.63, 3.8) is 0 Å². The minimum Gasteiger partial charge on any atom is -0.463 e. The molecular weight excluding hydrogens is 498 g/mol. The van der Waals surface area contributed by atoms with Gasteiger partial charge in [-0.1, -0.05) is 0 Å². The molecular formula is C21H25N5O9S. The maximum absolute atomic E-state index is 12.0. The van der Waals surface area contributed by atoms with E-state index in [0.29, 0.717) is 11.4 Å². The molecule has 1 saturated heterocycles. The average molecular weight is 524 g/mol. The molecule has 3 heterocycles. The van der Waals surface area contributed by atoms with Crippen LogP contribution in [0.3, 0.4) is 0 Å². The van der Waals surface area contributed by atoms with Crippen LogP contribution in [0.15, 0.2) is 29.7 Å². The first-order valence-corrected chi connectivity index (χ1v) is 11.5. The number of pyridine rings is 1. The summed E-state index contributed by atoms with van der Waals surface area (Å²) in [5.74, 6) is 3.73. The maximum Gasteiger partial charge on any atom is 0.303 e. The van der Waals surface area contributed by atoms with Crippen molar-refractivity contribution in [2.45, 2.75) is 62.7 Å². The molecule has 2 N–H and O–H groups in total. The van der Waals surface area contributed by atoms with E-state index in [1.165, 1.54) is 11.6 Å². The minimum atomic E-state index is -1.30. The van der Waals surface area contributed by atoms with Gasteiger partial charge in [-0.2, -0.15) is 0 Å². The third kappa shape index (κ3) is 6.69. The Hall–Kier alpha value is -3.72. The van der Waals surface area contributed by atoms with Crippen molar-refractivity contribution in [1.82, 2.24) is 19.9 Å². The monoisotopic (exact) mass is 523 g/mol. The van der Waals surface area contributed by atoms with E-state index < -0.39 is 53.7 Å². The quantitative estimate of drug-likeness (QED) is 0.281. The highest BCUT2D eigenvalue weighted by Gasteiger charge is 2.52. The summed E-state index contributed by atoms with van der Waals surface area (Å²) in [4.78, 5) is 51.2. The van der Waals surface area contributed by atoms with Gasteiger partial charge in [0.1, 0.15) is 12.7 Å². The van der Waals surface area contributed by atoms with Crippen molar-refractivity contribution < 1.29 is 42.9 Å². The first-order chi connectivity index (χ1) is 17.1. The zero-order valence-electron chi connectivity index (χ0n) is 19.9. The van der Waals surface area contributed by atoms with Crippen LogP contribution < -0.4 is 5.84 Å². The molecule has 5 atom stereocenters. The number of thioether (sulfide) groups is 1. The number of ether oxygens (including phenoxy) is 5. The number of nitrogen functional groups attached to an aromatic ring is 1. The Balaban J connectivity index is 1.99. The first-order valence-electron chi connectivity index (χ1n) is 10.6. The molecule has 0 spiro atoms. The van der Waals surface area contributed by atoms with E-state index in [0.717, 1.165) is 32.5 Å². The molecule has 1 aliphatic heterocycles. The molecule has 3 rings (SSSR count).